The molecule has 0 fully saturated rings. The van der Waals surface area contributed by atoms with Crippen LogP contribution in [0.3, 0.4) is 0 Å². The van der Waals surface area contributed by atoms with Crippen molar-refractivity contribution in [2.45, 2.75) is 4.90 Å². The SMILES string of the molecule is NC(=O)OCCNC(=O)c1ccccc1S. The van der Waals surface area contributed by atoms with Crippen LogP contribution in [0.1, 0.15) is 10.4 Å². The van der Waals surface area contributed by atoms with Gasteiger partial charge in [-0.15, -0.1) is 12.6 Å². The van der Waals surface area contributed by atoms with Gasteiger partial charge in [0.1, 0.15) is 6.61 Å². The van der Waals surface area contributed by atoms with Crippen LogP contribution in [0.5, 0.6) is 0 Å². The highest BCUT2D eigenvalue weighted by atomic mass is 32.1. The first-order valence-electron chi connectivity index (χ1n) is 4.59. The van der Waals surface area contributed by atoms with Gasteiger partial charge in [0.2, 0.25) is 0 Å². The van der Waals surface area contributed by atoms with E-state index in [1.165, 1.54) is 0 Å². The lowest BCUT2D eigenvalue weighted by Gasteiger charge is -2.06. The van der Waals surface area contributed by atoms with Crippen LogP contribution in [0, 0.1) is 0 Å². The zero-order chi connectivity index (χ0) is 12.0. The first-order valence-corrected chi connectivity index (χ1v) is 5.04. The van der Waals surface area contributed by atoms with E-state index in [-0.39, 0.29) is 19.1 Å². The fraction of sp³-hybridized carbons (Fsp3) is 0.200. The molecular weight excluding hydrogens is 228 g/mol. The summed E-state index contributed by atoms with van der Waals surface area (Å²) < 4.78 is 4.46. The molecule has 0 saturated heterocycles. The fourth-order valence-corrected chi connectivity index (χ4v) is 1.34. The summed E-state index contributed by atoms with van der Waals surface area (Å²) in [6, 6.07) is 6.91. The summed E-state index contributed by atoms with van der Waals surface area (Å²) in [5, 5.41) is 2.57. The normalized spacial score (nSPS) is 9.56. The van der Waals surface area contributed by atoms with E-state index in [1.807, 2.05) is 0 Å². The third kappa shape index (κ3) is 3.82. The summed E-state index contributed by atoms with van der Waals surface area (Å²) in [5.41, 5.74) is 5.24. The molecule has 0 radical (unpaired) electrons. The minimum atomic E-state index is -0.858. The first kappa shape index (κ1) is 12.4. The summed E-state index contributed by atoms with van der Waals surface area (Å²) in [6.45, 7) is 0.264. The number of carbonyl (C=O) groups is 2. The van der Waals surface area contributed by atoms with Gasteiger partial charge >= 0.3 is 6.09 Å². The molecule has 86 valence electrons. The van der Waals surface area contributed by atoms with Crippen LogP contribution < -0.4 is 11.1 Å². The van der Waals surface area contributed by atoms with Crippen LogP contribution in [0.15, 0.2) is 29.2 Å². The Morgan fingerprint density at radius 3 is 2.69 bits per heavy atom. The van der Waals surface area contributed by atoms with Gasteiger partial charge < -0.3 is 15.8 Å². The van der Waals surface area contributed by atoms with Crippen molar-refractivity contribution in [3.05, 3.63) is 29.8 Å². The van der Waals surface area contributed by atoms with Crippen LogP contribution in [0.4, 0.5) is 4.79 Å². The van der Waals surface area contributed by atoms with Crippen molar-refractivity contribution in [1.29, 1.82) is 0 Å². The van der Waals surface area contributed by atoms with E-state index in [4.69, 9.17) is 5.73 Å². The Bertz CT molecular complexity index is 395. The summed E-state index contributed by atoms with van der Waals surface area (Å²) in [4.78, 5) is 22.4. The largest absolute Gasteiger partial charge is 0.448 e. The zero-order valence-electron chi connectivity index (χ0n) is 8.47. The molecule has 16 heavy (non-hydrogen) atoms. The number of primary amides is 1. The molecule has 0 aliphatic heterocycles. The third-order valence-corrected chi connectivity index (χ3v) is 2.17. The molecule has 1 rings (SSSR count). The van der Waals surface area contributed by atoms with Gasteiger partial charge in [0.15, 0.2) is 0 Å². The maximum Gasteiger partial charge on any atom is 0.404 e. The van der Waals surface area contributed by atoms with Crippen molar-refractivity contribution in [3.8, 4) is 0 Å². The molecule has 0 aliphatic rings. The summed E-state index contributed by atoms with van der Waals surface area (Å²) in [6.07, 6.45) is -0.858. The van der Waals surface area contributed by atoms with E-state index >= 15 is 0 Å². The third-order valence-electron chi connectivity index (χ3n) is 1.78. The van der Waals surface area contributed by atoms with Crippen molar-refractivity contribution < 1.29 is 14.3 Å². The molecule has 3 N–H and O–H groups in total. The molecule has 0 aromatic heterocycles. The average molecular weight is 240 g/mol. The van der Waals surface area contributed by atoms with Crippen molar-refractivity contribution in [3.63, 3.8) is 0 Å². The number of ether oxygens (including phenoxy) is 1. The molecule has 6 heteroatoms. The second-order valence-electron chi connectivity index (χ2n) is 2.94. The van der Waals surface area contributed by atoms with Gasteiger partial charge in [0, 0.05) is 4.90 Å². The van der Waals surface area contributed by atoms with Gasteiger partial charge in [-0.1, -0.05) is 12.1 Å². The molecule has 5 nitrogen and oxygen atoms in total. The average Bonchev–Trinajstić information content (AvgIpc) is 2.24. The van der Waals surface area contributed by atoms with Crippen molar-refractivity contribution in [2.75, 3.05) is 13.2 Å². The fourth-order valence-electron chi connectivity index (χ4n) is 1.08. The van der Waals surface area contributed by atoms with Gasteiger partial charge in [-0.05, 0) is 12.1 Å². The van der Waals surface area contributed by atoms with Gasteiger partial charge in [-0.2, -0.15) is 0 Å². The first-order chi connectivity index (χ1) is 7.61. The number of nitrogens with one attached hydrogen (secondary N) is 1. The molecule has 0 bridgehead atoms. The molecular formula is C10H12N2O3S. The summed E-state index contributed by atoms with van der Waals surface area (Å²) in [7, 11) is 0. The molecule has 0 spiro atoms. The molecule has 0 atom stereocenters. The molecule has 0 saturated carbocycles. The number of amides is 2. The zero-order valence-corrected chi connectivity index (χ0v) is 9.37. The minimum Gasteiger partial charge on any atom is -0.448 e. The number of benzene rings is 1. The van der Waals surface area contributed by atoms with Crippen LogP contribution in [-0.4, -0.2) is 25.2 Å². The quantitative estimate of drug-likeness (QED) is 0.538. The number of hydrogen-bond donors (Lipinski definition) is 3. The molecule has 1 aromatic rings. The van der Waals surface area contributed by atoms with E-state index in [2.05, 4.69) is 22.7 Å². The Morgan fingerprint density at radius 1 is 1.38 bits per heavy atom. The molecule has 1 aromatic carbocycles. The number of thiol groups is 1. The van der Waals surface area contributed by atoms with Gasteiger partial charge in [-0.25, -0.2) is 4.79 Å². The Morgan fingerprint density at radius 2 is 2.06 bits per heavy atom. The van der Waals surface area contributed by atoms with Crippen molar-refractivity contribution in [1.82, 2.24) is 5.32 Å². The predicted octanol–water partition coefficient (Wildman–Crippen LogP) is 0.800. The summed E-state index contributed by atoms with van der Waals surface area (Å²) >= 11 is 4.15. The van der Waals surface area contributed by atoms with E-state index in [0.717, 1.165) is 0 Å². The van der Waals surface area contributed by atoms with E-state index in [1.54, 1.807) is 24.3 Å². The maximum absolute atomic E-state index is 11.6. The lowest BCUT2D eigenvalue weighted by molar-refractivity contribution is 0.0934. The molecule has 2 amide bonds. The van der Waals surface area contributed by atoms with Gasteiger partial charge in [0.05, 0.1) is 12.1 Å². The number of rotatable bonds is 4. The highest BCUT2D eigenvalue weighted by molar-refractivity contribution is 7.80. The lowest BCUT2D eigenvalue weighted by Crippen LogP contribution is -2.29. The van der Waals surface area contributed by atoms with Gasteiger partial charge in [-0.3, -0.25) is 4.79 Å². The minimum absolute atomic E-state index is 0.0514. The molecule has 0 unspecified atom stereocenters. The second kappa shape index (κ2) is 6.02. The van der Waals surface area contributed by atoms with Crippen LogP contribution >= 0.6 is 12.6 Å². The van der Waals surface area contributed by atoms with E-state index < -0.39 is 6.09 Å². The second-order valence-corrected chi connectivity index (χ2v) is 3.42. The van der Waals surface area contributed by atoms with Crippen LogP contribution in [0.2, 0.25) is 0 Å². The number of nitrogens with two attached hydrogens (primary N) is 1. The highest BCUT2D eigenvalue weighted by Gasteiger charge is 2.07. The highest BCUT2D eigenvalue weighted by Crippen LogP contribution is 2.12. The topological polar surface area (TPSA) is 81.4 Å². The van der Waals surface area contributed by atoms with E-state index in [0.29, 0.717) is 10.5 Å². The Balaban J connectivity index is 2.41. The lowest BCUT2D eigenvalue weighted by atomic mass is 10.2. The maximum atomic E-state index is 11.6. The molecule has 0 heterocycles. The van der Waals surface area contributed by atoms with Crippen LogP contribution in [0.25, 0.3) is 0 Å². The number of carbonyl (C=O) groups excluding carboxylic acids is 2. The van der Waals surface area contributed by atoms with Crippen molar-refractivity contribution >= 4 is 24.6 Å². The Kier molecular flexibility index (Phi) is 4.65. The smallest absolute Gasteiger partial charge is 0.404 e. The van der Waals surface area contributed by atoms with E-state index in [9.17, 15) is 9.59 Å². The van der Waals surface area contributed by atoms with Crippen molar-refractivity contribution in [2.24, 2.45) is 5.73 Å². The van der Waals surface area contributed by atoms with Gasteiger partial charge in [0.25, 0.3) is 5.91 Å². The monoisotopic (exact) mass is 240 g/mol. The number of hydrogen-bond acceptors (Lipinski definition) is 4. The Hall–Kier alpha value is -1.69. The Labute approximate surface area is 98.4 Å². The molecule has 0 aliphatic carbocycles. The summed E-state index contributed by atoms with van der Waals surface area (Å²) in [5.74, 6) is -0.265. The standard InChI is InChI=1S/C10H12N2O3S/c11-10(14)15-6-5-12-9(13)7-3-1-2-4-8(7)16/h1-4,16H,5-6H2,(H2,11,14)(H,12,13). The van der Waals surface area contributed by atoms with Crippen LogP contribution in [-0.2, 0) is 4.74 Å². The predicted molar refractivity (Wildman–Crippen MR) is 61.6 cm³/mol.